The highest BCUT2D eigenvalue weighted by Gasteiger charge is 2.25. The standard InChI is InChI=1S/C21H22ClN3O/c1-14-19-10-17(11-24-20(19)12-23-14)21(26)25-9-3-2-4-16(13-25)15-5-7-18(22)8-6-15/h5-8,10-11,16H,2-4,9,12-13H2,1H3. The summed E-state index contributed by atoms with van der Waals surface area (Å²) < 4.78 is 0. The summed E-state index contributed by atoms with van der Waals surface area (Å²) in [5.74, 6) is 0.422. The first-order valence-electron chi connectivity index (χ1n) is 9.17. The summed E-state index contributed by atoms with van der Waals surface area (Å²) in [4.78, 5) is 24.0. The Balaban J connectivity index is 1.56. The molecule has 2 aliphatic heterocycles. The highest BCUT2D eigenvalue weighted by Crippen LogP contribution is 2.28. The number of carbonyl (C=O) groups excluding carboxylic acids is 1. The molecule has 2 aromatic rings. The van der Waals surface area contributed by atoms with Gasteiger partial charge < -0.3 is 4.90 Å². The number of hydrogen-bond donors (Lipinski definition) is 0. The van der Waals surface area contributed by atoms with Crippen LogP contribution in [0.15, 0.2) is 41.5 Å². The average molecular weight is 368 g/mol. The normalized spacial score (nSPS) is 19.7. The molecule has 0 radical (unpaired) electrons. The van der Waals surface area contributed by atoms with E-state index in [0.29, 0.717) is 18.0 Å². The van der Waals surface area contributed by atoms with Gasteiger partial charge in [-0.1, -0.05) is 30.2 Å². The van der Waals surface area contributed by atoms with Crippen LogP contribution in [0.5, 0.6) is 0 Å². The highest BCUT2D eigenvalue weighted by atomic mass is 35.5. The van der Waals surface area contributed by atoms with E-state index in [4.69, 9.17) is 11.6 Å². The summed E-state index contributed by atoms with van der Waals surface area (Å²) in [6.07, 6.45) is 4.97. The first kappa shape index (κ1) is 17.2. The maximum Gasteiger partial charge on any atom is 0.255 e. The summed E-state index contributed by atoms with van der Waals surface area (Å²) in [5, 5.41) is 0.747. The molecule has 4 nitrogen and oxygen atoms in total. The van der Waals surface area contributed by atoms with Crippen LogP contribution in [0.2, 0.25) is 5.02 Å². The first-order chi connectivity index (χ1) is 12.6. The van der Waals surface area contributed by atoms with Gasteiger partial charge in [-0.25, -0.2) is 0 Å². The van der Waals surface area contributed by atoms with E-state index in [1.165, 1.54) is 5.56 Å². The van der Waals surface area contributed by atoms with Crippen molar-refractivity contribution in [3.63, 3.8) is 0 Å². The minimum atomic E-state index is 0.0702. The van der Waals surface area contributed by atoms with E-state index in [9.17, 15) is 4.79 Å². The van der Waals surface area contributed by atoms with Crippen molar-refractivity contribution in [3.05, 3.63) is 63.9 Å². The second-order valence-corrected chi connectivity index (χ2v) is 7.55. The van der Waals surface area contributed by atoms with Gasteiger partial charge in [-0.15, -0.1) is 0 Å². The molecule has 0 N–H and O–H groups in total. The largest absolute Gasteiger partial charge is 0.338 e. The van der Waals surface area contributed by atoms with Crippen molar-refractivity contribution in [2.75, 3.05) is 13.1 Å². The quantitative estimate of drug-likeness (QED) is 0.786. The van der Waals surface area contributed by atoms with Crippen LogP contribution >= 0.6 is 11.6 Å². The fourth-order valence-corrected chi connectivity index (χ4v) is 3.97. The summed E-state index contributed by atoms with van der Waals surface area (Å²) in [6.45, 7) is 4.14. The SMILES string of the molecule is CC1=NCc2ncc(C(=O)N3CCCCC(c4ccc(Cl)cc4)C3)cc21. The van der Waals surface area contributed by atoms with Crippen LogP contribution in [0, 0.1) is 0 Å². The number of nitrogens with zero attached hydrogens (tertiary/aromatic N) is 3. The number of benzene rings is 1. The molecule has 134 valence electrons. The van der Waals surface area contributed by atoms with Gasteiger partial charge in [-0.05, 0) is 43.5 Å². The second-order valence-electron chi connectivity index (χ2n) is 7.12. The molecule has 0 saturated carbocycles. The summed E-state index contributed by atoms with van der Waals surface area (Å²) in [6, 6.07) is 9.98. The number of fused-ring (bicyclic) bond motifs is 1. The van der Waals surface area contributed by atoms with E-state index in [0.717, 1.165) is 54.3 Å². The van der Waals surface area contributed by atoms with E-state index < -0.39 is 0 Å². The molecule has 1 amide bonds. The molecule has 0 spiro atoms. The zero-order chi connectivity index (χ0) is 18.1. The Bertz CT molecular complexity index is 860. The minimum absolute atomic E-state index is 0.0702. The van der Waals surface area contributed by atoms with Gasteiger partial charge in [-0.3, -0.25) is 14.8 Å². The highest BCUT2D eigenvalue weighted by molar-refractivity contribution is 6.30. The minimum Gasteiger partial charge on any atom is -0.338 e. The molecule has 1 saturated heterocycles. The number of likely N-dealkylation sites (tertiary alicyclic amines) is 1. The summed E-state index contributed by atoms with van der Waals surface area (Å²) in [7, 11) is 0. The third kappa shape index (κ3) is 3.38. The van der Waals surface area contributed by atoms with Crippen molar-refractivity contribution < 1.29 is 4.79 Å². The van der Waals surface area contributed by atoms with Crippen molar-refractivity contribution in [3.8, 4) is 0 Å². The molecule has 1 aromatic heterocycles. The van der Waals surface area contributed by atoms with Crippen LogP contribution in [0.25, 0.3) is 0 Å². The fraction of sp³-hybridized carbons (Fsp3) is 0.381. The van der Waals surface area contributed by atoms with E-state index >= 15 is 0 Å². The third-order valence-corrected chi connectivity index (χ3v) is 5.62. The number of amides is 1. The van der Waals surface area contributed by atoms with Crippen molar-refractivity contribution in [2.24, 2.45) is 4.99 Å². The van der Waals surface area contributed by atoms with Gasteiger partial charge in [0.15, 0.2) is 0 Å². The molecule has 2 aliphatic rings. The van der Waals surface area contributed by atoms with Gasteiger partial charge >= 0.3 is 0 Å². The Morgan fingerprint density at radius 2 is 2.04 bits per heavy atom. The van der Waals surface area contributed by atoms with Crippen LogP contribution in [0.1, 0.15) is 59.3 Å². The Morgan fingerprint density at radius 1 is 1.23 bits per heavy atom. The van der Waals surface area contributed by atoms with Gasteiger partial charge in [-0.2, -0.15) is 0 Å². The molecule has 4 rings (SSSR count). The predicted molar refractivity (Wildman–Crippen MR) is 104 cm³/mol. The number of halogens is 1. The van der Waals surface area contributed by atoms with Crippen molar-refractivity contribution >= 4 is 23.2 Å². The number of rotatable bonds is 2. The monoisotopic (exact) mass is 367 g/mol. The van der Waals surface area contributed by atoms with Crippen LogP contribution in [0.3, 0.4) is 0 Å². The molecular weight excluding hydrogens is 346 g/mol. The van der Waals surface area contributed by atoms with Gasteiger partial charge in [0.25, 0.3) is 5.91 Å². The number of aromatic nitrogens is 1. The first-order valence-corrected chi connectivity index (χ1v) is 9.54. The Morgan fingerprint density at radius 3 is 2.85 bits per heavy atom. The van der Waals surface area contributed by atoms with Crippen LogP contribution < -0.4 is 0 Å². The molecule has 1 atom stereocenters. The van der Waals surface area contributed by atoms with Crippen molar-refractivity contribution in [1.82, 2.24) is 9.88 Å². The van der Waals surface area contributed by atoms with Crippen molar-refractivity contribution in [2.45, 2.75) is 38.6 Å². The number of carbonyl (C=O) groups is 1. The van der Waals surface area contributed by atoms with Gasteiger partial charge in [0, 0.05) is 41.5 Å². The summed E-state index contributed by atoms with van der Waals surface area (Å²) >= 11 is 6.02. The van der Waals surface area contributed by atoms with Crippen LogP contribution in [-0.4, -0.2) is 34.6 Å². The molecule has 1 fully saturated rings. The maximum atomic E-state index is 13.1. The third-order valence-electron chi connectivity index (χ3n) is 5.37. The summed E-state index contributed by atoms with van der Waals surface area (Å²) in [5.41, 5.74) is 4.87. The molecule has 0 aliphatic carbocycles. The molecular formula is C21H22ClN3O. The zero-order valence-corrected chi connectivity index (χ0v) is 15.7. The molecule has 0 bridgehead atoms. The molecule has 5 heteroatoms. The fourth-order valence-electron chi connectivity index (χ4n) is 3.84. The van der Waals surface area contributed by atoms with E-state index in [2.05, 4.69) is 22.1 Å². The zero-order valence-electron chi connectivity index (χ0n) is 14.9. The lowest BCUT2D eigenvalue weighted by molar-refractivity contribution is 0.0754. The predicted octanol–water partition coefficient (Wildman–Crippen LogP) is 4.47. The molecule has 1 unspecified atom stereocenters. The van der Waals surface area contributed by atoms with Gasteiger partial charge in [0.1, 0.15) is 0 Å². The van der Waals surface area contributed by atoms with E-state index in [-0.39, 0.29) is 5.91 Å². The Hall–Kier alpha value is -2.20. The van der Waals surface area contributed by atoms with Crippen LogP contribution in [-0.2, 0) is 6.54 Å². The lowest BCUT2D eigenvalue weighted by Gasteiger charge is -2.25. The Labute approximate surface area is 158 Å². The number of aliphatic imine (C=N–C) groups is 1. The van der Waals surface area contributed by atoms with E-state index in [1.54, 1.807) is 6.20 Å². The smallest absolute Gasteiger partial charge is 0.255 e. The van der Waals surface area contributed by atoms with Crippen LogP contribution in [0.4, 0.5) is 0 Å². The van der Waals surface area contributed by atoms with E-state index in [1.807, 2.05) is 30.0 Å². The van der Waals surface area contributed by atoms with Gasteiger partial charge in [0.2, 0.25) is 0 Å². The number of pyridine rings is 1. The lowest BCUT2D eigenvalue weighted by Crippen LogP contribution is -2.34. The number of hydrogen-bond acceptors (Lipinski definition) is 3. The second kappa shape index (κ2) is 7.20. The molecule has 3 heterocycles. The molecule has 26 heavy (non-hydrogen) atoms. The van der Waals surface area contributed by atoms with Crippen molar-refractivity contribution in [1.29, 1.82) is 0 Å². The van der Waals surface area contributed by atoms with Gasteiger partial charge in [0.05, 0.1) is 17.8 Å². The topological polar surface area (TPSA) is 45.6 Å². The Kier molecular flexibility index (Phi) is 4.77. The lowest BCUT2D eigenvalue weighted by atomic mass is 9.94. The molecule has 1 aromatic carbocycles. The average Bonchev–Trinajstić information content (AvgIpc) is 2.87. The maximum absolute atomic E-state index is 13.1.